The van der Waals surface area contributed by atoms with Crippen LogP contribution in [-0.4, -0.2) is 37.4 Å². The van der Waals surface area contributed by atoms with Gasteiger partial charge in [-0.1, -0.05) is 0 Å². The zero-order valence-corrected chi connectivity index (χ0v) is 17.8. The Balaban J connectivity index is 1.66. The first-order valence-corrected chi connectivity index (χ1v) is 10.1. The van der Waals surface area contributed by atoms with E-state index in [1.807, 2.05) is 12.1 Å². The molecule has 2 N–H and O–H groups in total. The van der Waals surface area contributed by atoms with Crippen molar-refractivity contribution >= 4 is 17.4 Å². The molecule has 3 aromatic rings. The van der Waals surface area contributed by atoms with Crippen LogP contribution in [0.25, 0.3) is 0 Å². The van der Waals surface area contributed by atoms with Gasteiger partial charge in [-0.3, -0.25) is 4.79 Å². The molecule has 10 nitrogen and oxygen atoms in total. The number of allylic oxidation sites excluding steroid dienone is 1. The molecule has 2 aromatic heterocycles. The molecule has 0 fully saturated rings. The van der Waals surface area contributed by atoms with E-state index in [1.165, 1.54) is 0 Å². The molecule has 1 aromatic carbocycles. The van der Waals surface area contributed by atoms with E-state index in [2.05, 4.69) is 20.9 Å². The Hall–Kier alpha value is -3.95. The van der Waals surface area contributed by atoms with Crippen molar-refractivity contribution in [1.82, 2.24) is 10.3 Å². The highest BCUT2D eigenvalue weighted by atomic mass is 16.6. The molecule has 166 valence electrons. The summed E-state index contributed by atoms with van der Waals surface area (Å²) in [4.78, 5) is 13.5. The highest BCUT2D eigenvalue weighted by molar-refractivity contribution is 6.01. The second-order valence-electron chi connectivity index (χ2n) is 7.55. The van der Waals surface area contributed by atoms with Crippen molar-refractivity contribution in [1.29, 1.82) is 0 Å². The number of aromatic nitrogens is 2. The van der Waals surface area contributed by atoms with Crippen molar-refractivity contribution < 1.29 is 28.1 Å². The van der Waals surface area contributed by atoms with Crippen LogP contribution in [0.3, 0.4) is 0 Å². The Bertz CT molecular complexity index is 1180. The molecule has 32 heavy (non-hydrogen) atoms. The van der Waals surface area contributed by atoms with Crippen molar-refractivity contribution in [2.75, 3.05) is 32.0 Å². The molecule has 0 unspecified atom stereocenters. The van der Waals surface area contributed by atoms with Crippen LogP contribution < -0.4 is 24.8 Å². The minimum Gasteiger partial charge on any atom is -0.496 e. The number of ketones is 1. The molecule has 1 aliphatic heterocycles. The fourth-order valence-electron chi connectivity index (χ4n) is 4.34. The number of nitrogens with one attached hydrogen (secondary N) is 2. The number of carbonyl (C=O) groups excluding carboxylic acids is 1. The van der Waals surface area contributed by atoms with Crippen molar-refractivity contribution in [3.8, 4) is 17.2 Å². The van der Waals surface area contributed by atoms with Crippen LogP contribution in [0.1, 0.15) is 36.1 Å². The van der Waals surface area contributed by atoms with Gasteiger partial charge in [0.15, 0.2) is 17.3 Å². The monoisotopic (exact) mass is 438 g/mol. The third kappa shape index (κ3) is 3.24. The van der Waals surface area contributed by atoms with Crippen molar-refractivity contribution in [2.24, 2.45) is 0 Å². The van der Waals surface area contributed by atoms with E-state index >= 15 is 0 Å². The molecule has 2 atom stereocenters. The lowest BCUT2D eigenvalue weighted by Crippen LogP contribution is -2.27. The van der Waals surface area contributed by atoms with E-state index < -0.39 is 6.04 Å². The van der Waals surface area contributed by atoms with Gasteiger partial charge >= 0.3 is 0 Å². The van der Waals surface area contributed by atoms with Gasteiger partial charge in [-0.25, -0.2) is 4.63 Å². The summed E-state index contributed by atoms with van der Waals surface area (Å²) in [7, 11) is 4.67. The number of methoxy groups -OCH3 is 3. The number of ether oxygens (including phenoxy) is 3. The largest absolute Gasteiger partial charge is 0.496 e. The summed E-state index contributed by atoms with van der Waals surface area (Å²) in [5.74, 6) is 3.03. The SMILES string of the molecule is COc1cc(OC)c([C@H]2Nc3nonc3NC3=C2C(=O)C[C@H](c2ccco2)C3)cc1OC. The Labute approximate surface area is 183 Å². The van der Waals surface area contributed by atoms with Crippen molar-refractivity contribution in [2.45, 2.75) is 24.8 Å². The molecular formula is C22H22N4O6. The van der Waals surface area contributed by atoms with Crippen molar-refractivity contribution in [3.63, 3.8) is 0 Å². The van der Waals surface area contributed by atoms with Gasteiger partial charge in [0.1, 0.15) is 11.5 Å². The molecule has 0 spiro atoms. The first-order chi connectivity index (χ1) is 15.6. The number of Topliss-reactive ketones (excluding diaryl/α,β-unsaturated/α-hetero) is 1. The first-order valence-electron chi connectivity index (χ1n) is 10.1. The van der Waals surface area contributed by atoms with E-state index in [0.717, 1.165) is 11.5 Å². The van der Waals surface area contributed by atoms with Gasteiger partial charge in [-0.05, 0) is 34.9 Å². The lowest BCUT2D eigenvalue weighted by atomic mass is 9.80. The number of hydrogen-bond donors (Lipinski definition) is 2. The van der Waals surface area contributed by atoms with E-state index in [-0.39, 0.29) is 11.7 Å². The zero-order chi connectivity index (χ0) is 22.2. The minimum atomic E-state index is -0.578. The zero-order valence-electron chi connectivity index (χ0n) is 17.8. The van der Waals surface area contributed by atoms with Crippen LogP contribution >= 0.6 is 0 Å². The van der Waals surface area contributed by atoms with Crippen LogP contribution in [0.5, 0.6) is 17.2 Å². The topological polar surface area (TPSA) is 121 Å². The fraction of sp³-hybridized carbons (Fsp3) is 0.318. The predicted molar refractivity (Wildman–Crippen MR) is 113 cm³/mol. The Morgan fingerprint density at radius 2 is 1.75 bits per heavy atom. The number of anilines is 2. The van der Waals surface area contributed by atoms with Crippen LogP contribution in [0.4, 0.5) is 11.6 Å². The van der Waals surface area contributed by atoms with Gasteiger partial charge in [0.05, 0.1) is 33.6 Å². The molecule has 3 heterocycles. The first kappa shape index (κ1) is 20.0. The smallest absolute Gasteiger partial charge is 0.219 e. The number of rotatable bonds is 5. The molecule has 5 rings (SSSR count). The normalized spacial score (nSPS) is 19.9. The van der Waals surface area contributed by atoms with Gasteiger partial charge in [-0.15, -0.1) is 0 Å². The van der Waals surface area contributed by atoms with Gasteiger partial charge in [0, 0.05) is 35.2 Å². The van der Waals surface area contributed by atoms with E-state index in [0.29, 0.717) is 52.9 Å². The third-order valence-electron chi connectivity index (χ3n) is 5.83. The number of nitrogens with zero attached hydrogens (tertiary/aromatic N) is 2. The highest BCUT2D eigenvalue weighted by Crippen LogP contribution is 2.47. The summed E-state index contributed by atoms with van der Waals surface area (Å²) in [6, 6.07) is 6.66. The van der Waals surface area contributed by atoms with Gasteiger partial charge in [0.25, 0.3) is 0 Å². The summed E-state index contributed by atoms with van der Waals surface area (Å²) in [5, 5.41) is 14.4. The molecule has 10 heteroatoms. The van der Waals surface area contributed by atoms with Gasteiger partial charge in [-0.2, -0.15) is 0 Å². The maximum absolute atomic E-state index is 13.5. The van der Waals surface area contributed by atoms with Crippen LogP contribution in [0.15, 0.2) is 50.8 Å². The molecule has 0 bridgehead atoms. The Kier molecular flexibility index (Phi) is 4.96. The second kappa shape index (κ2) is 7.95. The maximum Gasteiger partial charge on any atom is 0.219 e. The fourth-order valence-corrected chi connectivity index (χ4v) is 4.34. The molecule has 0 radical (unpaired) electrons. The van der Waals surface area contributed by atoms with Gasteiger partial charge < -0.3 is 29.3 Å². The quantitative estimate of drug-likeness (QED) is 0.610. The number of furan rings is 1. The summed E-state index contributed by atoms with van der Waals surface area (Å²) in [6.07, 6.45) is 2.49. The Morgan fingerprint density at radius 3 is 2.47 bits per heavy atom. The molecule has 1 aliphatic carbocycles. The molecular weight excluding hydrogens is 416 g/mol. The highest BCUT2D eigenvalue weighted by Gasteiger charge is 2.39. The standard InChI is InChI=1S/C22H22N4O6/c1-28-16-10-18(30-3)17(29-2)9-12(16)20-19-13(23-21-22(24-20)26-32-25-21)7-11(8-14(19)27)15-5-4-6-31-15/h4-6,9-11,20H,7-8H2,1-3H3,(H,23,25)(H,24,26)/t11-,20-/m1/s1. The van der Waals surface area contributed by atoms with E-state index in [4.69, 9.17) is 23.3 Å². The summed E-state index contributed by atoms with van der Waals surface area (Å²) in [5.41, 5.74) is 2.00. The molecule has 0 saturated heterocycles. The van der Waals surface area contributed by atoms with E-state index in [9.17, 15) is 4.79 Å². The second-order valence-corrected chi connectivity index (χ2v) is 7.55. The number of benzene rings is 1. The summed E-state index contributed by atoms with van der Waals surface area (Å²) < 4.78 is 27.0. The molecule has 0 amide bonds. The number of carbonyl (C=O) groups is 1. The lowest BCUT2D eigenvalue weighted by Gasteiger charge is -2.29. The number of hydrogen-bond acceptors (Lipinski definition) is 10. The van der Waals surface area contributed by atoms with Gasteiger partial charge in [0.2, 0.25) is 11.6 Å². The summed E-state index contributed by atoms with van der Waals surface area (Å²) in [6.45, 7) is 0. The maximum atomic E-state index is 13.5. The van der Waals surface area contributed by atoms with Crippen LogP contribution in [-0.2, 0) is 4.79 Å². The minimum absolute atomic E-state index is 0.0171. The number of fused-ring (bicyclic) bond motifs is 1. The average Bonchev–Trinajstić information content (AvgIpc) is 3.47. The third-order valence-corrected chi connectivity index (χ3v) is 5.83. The van der Waals surface area contributed by atoms with E-state index in [1.54, 1.807) is 39.7 Å². The average molecular weight is 438 g/mol. The lowest BCUT2D eigenvalue weighted by molar-refractivity contribution is -0.116. The predicted octanol–water partition coefficient (Wildman–Crippen LogP) is 3.67. The molecule has 0 saturated carbocycles. The summed E-state index contributed by atoms with van der Waals surface area (Å²) >= 11 is 0. The van der Waals surface area contributed by atoms with Crippen LogP contribution in [0, 0.1) is 0 Å². The Morgan fingerprint density at radius 1 is 1.00 bits per heavy atom. The molecule has 2 aliphatic rings. The van der Waals surface area contributed by atoms with Crippen molar-refractivity contribution in [3.05, 3.63) is 53.1 Å². The van der Waals surface area contributed by atoms with Crippen LogP contribution in [0.2, 0.25) is 0 Å².